The highest BCUT2D eigenvalue weighted by molar-refractivity contribution is 9.10. The lowest BCUT2D eigenvalue weighted by Crippen LogP contribution is -2.04. The van der Waals surface area contributed by atoms with Gasteiger partial charge in [0.25, 0.3) is 0 Å². The van der Waals surface area contributed by atoms with Crippen molar-refractivity contribution >= 4 is 21.6 Å². The van der Waals surface area contributed by atoms with Crippen molar-refractivity contribution in [1.82, 2.24) is 4.98 Å². The van der Waals surface area contributed by atoms with Gasteiger partial charge in [0, 0.05) is 6.07 Å². The molecule has 1 fully saturated rings. The first-order chi connectivity index (χ1) is 10.1. The number of hydrogen-bond acceptors (Lipinski definition) is 4. The first kappa shape index (κ1) is 14.2. The number of nitrogen functional groups attached to an aromatic ring is 1. The summed E-state index contributed by atoms with van der Waals surface area (Å²) in [6.07, 6.45) is 2.46. The fourth-order valence-corrected chi connectivity index (χ4v) is 2.46. The van der Waals surface area contributed by atoms with Gasteiger partial charge in [-0.15, -0.1) is 0 Å². The standard InChI is InChI=1S/C16H17BrN2O2/c1-10-2-6-14(12(17)8-10)21-15-7-5-13(18)16(19-15)20-9-11-3-4-11/h2,5-8,11H,3-4,9,18H2,1H3. The molecule has 2 N–H and O–H groups in total. The zero-order valence-corrected chi connectivity index (χ0v) is 13.4. The number of aromatic nitrogens is 1. The molecule has 0 unspecified atom stereocenters. The van der Waals surface area contributed by atoms with E-state index in [1.54, 1.807) is 12.1 Å². The molecule has 5 heteroatoms. The summed E-state index contributed by atoms with van der Waals surface area (Å²) in [5.74, 6) is 2.29. The summed E-state index contributed by atoms with van der Waals surface area (Å²) in [5.41, 5.74) is 7.58. The van der Waals surface area contributed by atoms with Crippen LogP contribution in [0.25, 0.3) is 0 Å². The first-order valence-corrected chi connectivity index (χ1v) is 7.74. The van der Waals surface area contributed by atoms with Crippen molar-refractivity contribution in [2.45, 2.75) is 19.8 Å². The molecule has 1 saturated carbocycles. The van der Waals surface area contributed by atoms with E-state index in [2.05, 4.69) is 20.9 Å². The quantitative estimate of drug-likeness (QED) is 0.874. The van der Waals surface area contributed by atoms with Gasteiger partial charge in [-0.1, -0.05) is 6.07 Å². The Morgan fingerprint density at radius 1 is 1.29 bits per heavy atom. The second kappa shape index (κ2) is 5.93. The number of hydrogen-bond donors (Lipinski definition) is 1. The van der Waals surface area contributed by atoms with E-state index >= 15 is 0 Å². The van der Waals surface area contributed by atoms with Gasteiger partial charge in [-0.2, -0.15) is 4.98 Å². The van der Waals surface area contributed by atoms with Gasteiger partial charge < -0.3 is 15.2 Å². The third-order valence-electron chi connectivity index (χ3n) is 3.32. The molecular weight excluding hydrogens is 332 g/mol. The van der Waals surface area contributed by atoms with Crippen molar-refractivity contribution in [3.05, 3.63) is 40.4 Å². The lowest BCUT2D eigenvalue weighted by molar-refractivity contribution is 0.286. The Balaban J connectivity index is 1.76. The number of nitrogens with zero attached hydrogens (tertiary/aromatic N) is 1. The maximum absolute atomic E-state index is 5.89. The zero-order chi connectivity index (χ0) is 14.8. The minimum atomic E-state index is 0.447. The smallest absolute Gasteiger partial charge is 0.240 e. The van der Waals surface area contributed by atoms with Gasteiger partial charge in [0.05, 0.1) is 16.8 Å². The number of rotatable bonds is 5. The molecule has 21 heavy (non-hydrogen) atoms. The van der Waals surface area contributed by atoms with E-state index in [0.717, 1.165) is 10.0 Å². The van der Waals surface area contributed by atoms with Crippen LogP contribution in [0, 0.1) is 12.8 Å². The van der Waals surface area contributed by atoms with Crippen molar-refractivity contribution in [2.75, 3.05) is 12.3 Å². The summed E-state index contributed by atoms with van der Waals surface area (Å²) in [6.45, 7) is 2.70. The molecule has 0 atom stereocenters. The Hall–Kier alpha value is -1.75. The van der Waals surface area contributed by atoms with Gasteiger partial charge in [-0.3, -0.25) is 0 Å². The van der Waals surface area contributed by atoms with E-state index in [1.165, 1.54) is 12.8 Å². The highest BCUT2D eigenvalue weighted by Gasteiger charge is 2.22. The number of pyridine rings is 1. The summed E-state index contributed by atoms with van der Waals surface area (Å²) >= 11 is 3.49. The fourth-order valence-electron chi connectivity index (χ4n) is 1.89. The monoisotopic (exact) mass is 348 g/mol. The van der Waals surface area contributed by atoms with Gasteiger partial charge >= 0.3 is 0 Å². The molecule has 1 aromatic carbocycles. The Kier molecular flexibility index (Phi) is 4.01. The summed E-state index contributed by atoms with van der Waals surface area (Å²) in [6, 6.07) is 9.39. The van der Waals surface area contributed by atoms with Crippen LogP contribution in [0.2, 0.25) is 0 Å². The second-order valence-electron chi connectivity index (χ2n) is 5.33. The van der Waals surface area contributed by atoms with Crippen LogP contribution >= 0.6 is 15.9 Å². The largest absolute Gasteiger partial charge is 0.476 e. The summed E-state index contributed by atoms with van der Waals surface area (Å²) in [5, 5.41) is 0. The second-order valence-corrected chi connectivity index (χ2v) is 6.19. The summed E-state index contributed by atoms with van der Waals surface area (Å²) in [7, 11) is 0. The van der Waals surface area contributed by atoms with E-state index in [0.29, 0.717) is 35.7 Å². The molecule has 0 bridgehead atoms. The molecular formula is C16H17BrN2O2. The van der Waals surface area contributed by atoms with Crippen molar-refractivity contribution in [3.8, 4) is 17.5 Å². The van der Waals surface area contributed by atoms with Gasteiger partial charge in [-0.05, 0) is 65.4 Å². The van der Waals surface area contributed by atoms with Crippen LogP contribution < -0.4 is 15.2 Å². The molecule has 1 heterocycles. The lowest BCUT2D eigenvalue weighted by atomic mass is 10.2. The number of halogens is 1. The number of benzene rings is 1. The van der Waals surface area contributed by atoms with E-state index in [4.69, 9.17) is 15.2 Å². The predicted molar refractivity (Wildman–Crippen MR) is 85.8 cm³/mol. The molecule has 3 rings (SSSR count). The molecule has 1 aromatic heterocycles. The molecule has 0 amide bonds. The molecule has 1 aliphatic carbocycles. The molecule has 0 saturated heterocycles. The number of ether oxygens (including phenoxy) is 2. The summed E-state index contributed by atoms with van der Waals surface area (Å²) in [4.78, 5) is 4.34. The number of nitrogens with two attached hydrogens (primary N) is 1. The van der Waals surface area contributed by atoms with E-state index < -0.39 is 0 Å². The Bertz CT molecular complexity index is 657. The normalized spacial score (nSPS) is 14.0. The Labute approximate surface area is 132 Å². The van der Waals surface area contributed by atoms with Crippen molar-refractivity contribution in [1.29, 1.82) is 0 Å². The van der Waals surface area contributed by atoms with Gasteiger partial charge in [0.2, 0.25) is 11.8 Å². The van der Waals surface area contributed by atoms with Crippen LogP contribution in [0.1, 0.15) is 18.4 Å². The average molecular weight is 349 g/mol. The molecule has 4 nitrogen and oxygen atoms in total. The summed E-state index contributed by atoms with van der Waals surface area (Å²) < 4.78 is 12.3. The van der Waals surface area contributed by atoms with Crippen LogP contribution in [0.4, 0.5) is 5.69 Å². The molecule has 110 valence electrons. The maximum Gasteiger partial charge on any atom is 0.240 e. The minimum Gasteiger partial charge on any atom is -0.476 e. The van der Waals surface area contributed by atoms with E-state index in [-0.39, 0.29) is 0 Å². The number of aryl methyl sites for hydroxylation is 1. The van der Waals surface area contributed by atoms with Crippen LogP contribution in [0.3, 0.4) is 0 Å². The van der Waals surface area contributed by atoms with Crippen molar-refractivity contribution in [2.24, 2.45) is 5.92 Å². The molecule has 2 aromatic rings. The predicted octanol–water partition coefficient (Wildman–Crippen LogP) is 4.32. The van der Waals surface area contributed by atoms with Crippen LogP contribution in [-0.2, 0) is 0 Å². The zero-order valence-electron chi connectivity index (χ0n) is 11.8. The first-order valence-electron chi connectivity index (χ1n) is 6.95. The van der Waals surface area contributed by atoms with Crippen LogP contribution in [-0.4, -0.2) is 11.6 Å². The molecule has 0 radical (unpaired) electrons. The lowest BCUT2D eigenvalue weighted by Gasteiger charge is -2.11. The highest BCUT2D eigenvalue weighted by atomic mass is 79.9. The molecule has 0 spiro atoms. The van der Waals surface area contributed by atoms with Crippen LogP contribution in [0.5, 0.6) is 17.5 Å². The number of anilines is 1. The molecule has 1 aliphatic rings. The van der Waals surface area contributed by atoms with Crippen LogP contribution in [0.15, 0.2) is 34.8 Å². The maximum atomic E-state index is 5.89. The van der Waals surface area contributed by atoms with Gasteiger partial charge in [-0.25, -0.2) is 0 Å². The average Bonchev–Trinajstić information content (AvgIpc) is 3.26. The van der Waals surface area contributed by atoms with Crippen molar-refractivity contribution in [3.63, 3.8) is 0 Å². The molecule has 0 aliphatic heterocycles. The van der Waals surface area contributed by atoms with E-state index in [9.17, 15) is 0 Å². The third-order valence-corrected chi connectivity index (χ3v) is 3.94. The Morgan fingerprint density at radius 3 is 2.81 bits per heavy atom. The van der Waals surface area contributed by atoms with Crippen molar-refractivity contribution < 1.29 is 9.47 Å². The van der Waals surface area contributed by atoms with E-state index in [1.807, 2.05) is 25.1 Å². The van der Waals surface area contributed by atoms with Gasteiger partial charge in [0.1, 0.15) is 5.75 Å². The Morgan fingerprint density at radius 2 is 2.10 bits per heavy atom. The fraction of sp³-hybridized carbons (Fsp3) is 0.312. The SMILES string of the molecule is Cc1ccc(Oc2ccc(N)c(OCC3CC3)n2)c(Br)c1. The third kappa shape index (κ3) is 3.67. The minimum absolute atomic E-state index is 0.447. The topological polar surface area (TPSA) is 57.4 Å². The van der Waals surface area contributed by atoms with Gasteiger partial charge in [0.15, 0.2) is 0 Å². The highest BCUT2D eigenvalue weighted by Crippen LogP contribution is 2.33.